The standard InChI is InChI=1S/C16H29N3O5/c1-4-18(9-15(20)21)12-5-11(6-12)17-16(22)19-8-14(24-3)7-13(19)10-23-2/h11-14H,4-10H2,1-3H3,(H,17,22)(H,20,21)/t11?,12?,13-,14+/m0/s1. The normalized spacial score (nSPS) is 29.6. The van der Waals surface area contributed by atoms with Gasteiger partial charge < -0.3 is 24.8 Å². The van der Waals surface area contributed by atoms with E-state index in [1.165, 1.54) is 0 Å². The summed E-state index contributed by atoms with van der Waals surface area (Å²) in [7, 11) is 3.29. The monoisotopic (exact) mass is 343 g/mol. The summed E-state index contributed by atoms with van der Waals surface area (Å²) in [4.78, 5) is 27.1. The SMILES string of the molecule is CCN(CC(=O)O)C1CC(NC(=O)N2C[C@H](OC)C[C@H]2COC)C1. The van der Waals surface area contributed by atoms with E-state index in [-0.39, 0.29) is 36.8 Å². The molecule has 0 bridgehead atoms. The Morgan fingerprint density at radius 3 is 2.54 bits per heavy atom. The minimum atomic E-state index is -0.811. The number of amides is 2. The zero-order chi connectivity index (χ0) is 17.7. The molecule has 8 nitrogen and oxygen atoms in total. The second kappa shape index (κ2) is 8.64. The van der Waals surface area contributed by atoms with Gasteiger partial charge in [-0.2, -0.15) is 0 Å². The van der Waals surface area contributed by atoms with E-state index < -0.39 is 5.97 Å². The molecule has 1 aliphatic carbocycles. The average Bonchev–Trinajstić information content (AvgIpc) is 2.91. The Labute approximate surface area is 143 Å². The molecule has 2 aliphatic rings. The van der Waals surface area contributed by atoms with Gasteiger partial charge in [-0.15, -0.1) is 0 Å². The van der Waals surface area contributed by atoms with Gasteiger partial charge in [-0.3, -0.25) is 9.69 Å². The van der Waals surface area contributed by atoms with Crippen LogP contribution in [-0.4, -0.2) is 91.6 Å². The number of rotatable bonds is 8. The molecule has 1 saturated carbocycles. The van der Waals surface area contributed by atoms with Crippen molar-refractivity contribution in [2.75, 3.05) is 40.5 Å². The number of hydrogen-bond acceptors (Lipinski definition) is 5. The lowest BCUT2D eigenvalue weighted by atomic mass is 9.85. The molecular formula is C16H29N3O5. The third-order valence-electron chi connectivity index (χ3n) is 5.03. The van der Waals surface area contributed by atoms with E-state index >= 15 is 0 Å². The van der Waals surface area contributed by atoms with Crippen molar-refractivity contribution in [2.24, 2.45) is 0 Å². The maximum Gasteiger partial charge on any atom is 0.318 e. The fraction of sp³-hybridized carbons (Fsp3) is 0.875. The lowest BCUT2D eigenvalue weighted by molar-refractivity contribution is -0.139. The van der Waals surface area contributed by atoms with Gasteiger partial charge in [-0.25, -0.2) is 4.79 Å². The van der Waals surface area contributed by atoms with Crippen LogP contribution in [0.5, 0.6) is 0 Å². The summed E-state index contributed by atoms with van der Waals surface area (Å²) in [6.07, 6.45) is 2.43. The number of urea groups is 1. The topological polar surface area (TPSA) is 91.3 Å². The zero-order valence-corrected chi connectivity index (χ0v) is 14.7. The molecule has 2 atom stereocenters. The first-order chi connectivity index (χ1) is 11.5. The molecule has 0 spiro atoms. The highest BCUT2D eigenvalue weighted by Gasteiger charge is 2.39. The van der Waals surface area contributed by atoms with E-state index in [1.807, 2.05) is 11.8 Å². The Hall–Kier alpha value is -1.38. The minimum absolute atomic E-state index is 0.0370. The van der Waals surface area contributed by atoms with Crippen LogP contribution in [0.3, 0.4) is 0 Å². The van der Waals surface area contributed by atoms with E-state index in [0.717, 1.165) is 19.3 Å². The lowest BCUT2D eigenvalue weighted by Gasteiger charge is -2.42. The molecule has 138 valence electrons. The molecule has 0 aromatic carbocycles. The Bertz CT molecular complexity index is 441. The third kappa shape index (κ3) is 4.58. The molecule has 0 unspecified atom stereocenters. The van der Waals surface area contributed by atoms with E-state index in [2.05, 4.69) is 5.32 Å². The fourth-order valence-electron chi connectivity index (χ4n) is 3.58. The van der Waals surface area contributed by atoms with E-state index in [4.69, 9.17) is 14.6 Å². The predicted octanol–water partition coefficient (Wildman–Crippen LogP) is 0.369. The quantitative estimate of drug-likeness (QED) is 0.662. The number of nitrogens with zero attached hydrogens (tertiary/aromatic N) is 2. The number of carbonyl (C=O) groups is 2. The van der Waals surface area contributed by atoms with E-state index in [1.54, 1.807) is 19.1 Å². The van der Waals surface area contributed by atoms with Crippen molar-refractivity contribution in [2.45, 2.75) is 50.4 Å². The molecule has 0 aromatic heterocycles. The number of likely N-dealkylation sites (N-methyl/N-ethyl adjacent to an activating group) is 1. The number of carbonyl (C=O) groups excluding carboxylic acids is 1. The average molecular weight is 343 g/mol. The van der Waals surface area contributed by atoms with Crippen LogP contribution in [-0.2, 0) is 14.3 Å². The molecule has 1 saturated heterocycles. The van der Waals surface area contributed by atoms with Crippen molar-refractivity contribution >= 4 is 12.0 Å². The van der Waals surface area contributed by atoms with Gasteiger partial charge in [0.05, 0.1) is 25.3 Å². The largest absolute Gasteiger partial charge is 0.480 e. The highest BCUT2D eigenvalue weighted by atomic mass is 16.5. The van der Waals surface area contributed by atoms with Crippen LogP contribution < -0.4 is 5.32 Å². The molecule has 2 amide bonds. The van der Waals surface area contributed by atoms with Crippen LogP contribution in [0.15, 0.2) is 0 Å². The predicted molar refractivity (Wildman–Crippen MR) is 88.0 cm³/mol. The highest BCUT2D eigenvalue weighted by Crippen LogP contribution is 2.27. The molecule has 0 aromatic rings. The van der Waals surface area contributed by atoms with Crippen molar-refractivity contribution in [3.05, 3.63) is 0 Å². The summed E-state index contributed by atoms with van der Waals surface area (Å²) in [5.41, 5.74) is 0. The summed E-state index contributed by atoms with van der Waals surface area (Å²) >= 11 is 0. The number of carboxylic acid groups (broad SMARTS) is 1. The molecule has 24 heavy (non-hydrogen) atoms. The van der Waals surface area contributed by atoms with Crippen molar-refractivity contribution < 1.29 is 24.2 Å². The zero-order valence-electron chi connectivity index (χ0n) is 14.7. The summed E-state index contributed by atoms with van der Waals surface area (Å²) in [5.74, 6) is -0.811. The van der Waals surface area contributed by atoms with Crippen molar-refractivity contribution in [3.63, 3.8) is 0 Å². The van der Waals surface area contributed by atoms with Crippen LogP contribution in [0.25, 0.3) is 0 Å². The smallest absolute Gasteiger partial charge is 0.318 e. The van der Waals surface area contributed by atoms with Crippen LogP contribution >= 0.6 is 0 Å². The van der Waals surface area contributed by atoms with Crippen molar-refractivity contribution in [3.8, 4) is 0 Å². The number of hydrogen-bond donors (Lipinski definition) is 2. The molecule has 1 heterocycles. The first-order valence-corrected chi connectivity index (χ1v) is 8.53. The van der Waals surface area contributed by atoms with Crippen LogP contribution in [0.4, 0.5) is 4.79 Å². The fourth-order valence-corrected chi connectivity index (χ4v) is 3.58. The Balaban J connectivity index is 1.80. The minimum Gasteiger partial charge on any atom is -0.480 e. The van der Waals surface area contributed by atoms with Gasteiger partial charge in [0.15, 0.2) is 0 Å². The maximum atomic E-state index is 12.5. The van der Waals surface area contributed by atoms with Crippen LogP contribution in [0, 0.1) is 0 Å². The highest BCUT2D eigenvalue weighted by molar-refractivity contribution is 5.75. The lowest BCUT2D eigenvalue weighted by Crippen LogP contribution is -2.57. The Kier molecular flexibility index (Phi) is 6.82. The number of carboxylic acids is 1. The van der Waals surface area contributed by atoms with Gasteiger partial charge in [0.25, 0.3) is 0 Å². The van der Waals surface area contributed by atoms with Gasteiger partial charge in [0.2, 0.25) is 0 Å². The summed E-state index contributed by atoms with van der Waals surface area (Å²) in [6, 6.07) is 0.294. The van der Waals surface area contributed by atoms with Crippen LogP contribution in [0.1, 0.15) is 26.2 Å². The number of nitrogens with one attached hydrogen (secondary N) is 1. The second-order valence-corrected chi connectivity index (χ2v) is 6.58. The summed E-state index contributed by atoms with van der Waals surface area (Å²) < 4.78 is 10.6. The Morgan fingerprint density at radius 2 is 2.00 bits per heavy atom. The molecule has 1 aliphatic heterocycles. The van der Waals surface area contributed by atoms with Crippen molar-refractivity contribution in [1.82, 2.24) is 15.1 Å². The molecule has 0 radical (unpaired) electrons. The molecule has 2 rings (SSSR count). The maximum absolute atomic E-state index is 12.5. The number of likely N-dealkylation sites (tertiary alicyclic amines) is 1. The number of methoxy groups -OCH3 is 2. The van der Waals surface area contributed by atoms with Gasteiger partial charge in [-0.05, 0) is 25.8 Å². The Morgan fingerprint density at radius 1 is 1.29 bits per heavy atom. The molecule has 8 heteroatoms. The van der Waals surface area contributed by atoms with E-state index in [9.17, 15) is 9.59 Å². The molecule has 2 fully saturated rings. The first-order valence-electron chi connectivity index (χ1n) is 8.53. The van der Waals surface area contributed by atoms with E-state index in [0.29, 0.717) is 19.7 Å². The van der Waals surface area contributed by atoms with Crippen LogP contribution in [0.2, 0.25) is 0 Å². The first kappa shape index (κ1) is 19.0. The van der Waals surface area contributed by atoms with Gasteiger partial charge in [0.1, 0.15) is 0 Å². The van der Waals surface area contributed by atoms with Gasteiger partial charge in [0, 0.05) is 32.8 Å². The number of aliphatic carboxylic acids is 1. The molecule has 2 N–H and O–H groups in total. The van der Waals surface area contributed by atoms with Crippen molar-refractivity contribution in [1.29, 1.82) is 0 Å². The number of ether oxygens (including phenoxy) is 2. The summed E-state index contributed by atoms with van der Waals surface area (Å²) in [6.45, 7) is 3.79. The van der Waals surface area contributed by atoms with Gasteiger partial charge >= 0.3 is 12.0 Å². The van der Waals surface area contributed by atoms with Gasteiger partial charge in [-0.1, -0.05) is 6.92 Å². The third-order valence-corrected chi connectivity index (χ3v) is 5.03. The summed E-state index contributed by atoms with van der Waals surface area (Å²) in [5, 5.41) is 12.0. The second-order valence-electron chi connectivity index (χ2n) is 6.58. The molecular weight excluding hydrogens is 314 g/mol.